The Morgan fingerprint density at radius 3 is 2.90 bits per heavy atom. The molecular formula is C14H22F3N3S. The average Bonchev–Trinajstić information content (AvgIpc) is 2.67. The van der Waals surface area contributed by atoms with Crippen molar-refractivity contribution in [1.29, 1.82) is 0 Å². The fourth-order valence-electron chi connectivity index (χ4n) is 2.72. The minimum absolute atomic E-state index is 0.504. The fourth-order valence-corrected chi connectivity index (χ4v) is 3.84. The Morgan fingerprint density at radius 2 is 2.19 bits per heavy atom. The number of aromatic nitrogens is 2. The maximum atomic E-state index is 12.5. The predicted octanol–water partition coefficient (Wildman–Crippen LogP) is 3.55. The summed E-state index contributed by atoms with van der Waals surface area (Å²) in [5.41, 5.74) is 0. The van der Waals surface area contributed by atoms with Crippen molar-refractivity contribution in [2.24, 2.45) is 0 Å². The normalized spacial score (nSPS) is 21.4. The number of alkyl halides is 3. The molecule has 1 fully saturated rings. The van der Waals surface area contributed by atoms with E-state index in [-0.39, 0.29) is 0 Å². The molecule has 1 atom stereocenters. The van der Waals surface area contributed by atoms with Gasteiger partial charge in [-0.25, -0.2) is 4.98 Å². The molecule has 0 spiro atoms. The van der Waals surface area contributed by atoms with Gasteiger partial charge in [-0.15, -0.1) is 0 Å². The van der Waals surface area contributed by atoms with Crippen molar-refractivity contribution < 1.29 is 13.2 Å². The molecule has 2 rings (SSSR count). The summed E-state index contributed by atoms with van der Waals surface area (Å²) < 4.78 is 38.8. The van der Waals surface area contributed by atoms with Crippen LogP contribution in [0, 0.1) is 0 Å². The number of likely N-dealkylation sites (tertiary alicyclic amines) is 1. The maximum absolute atomic E-state index is 12.5. The van der Waals surface area contributed by atoms with Gasteiger partial charge in [0.1, 0.15) is 12.4 Å². The highest BCUT2D eigenvalue weighted by molar-refractivity contribution is 7.99. The Bertz CT molecular complexity index is 433. The molecule has 1 aromatic heterocycles. The van der Waals surface area contributed by atoms with Crippen molar-refractivity contribution in [3.8, 4) is 0 Å². The summed E-state index contributed by atoms with van der Waals surface area (Å²) in [6.45, 7) is 3.58. The molecule has 0 amide bonds. The summed E-state index contributed by atoms with van der Waals surface area (Å²) in [6.07, 6.45) is 2.18. The van der Waals surface area contributed by atoms with Gasteiger partial charge in [-0.2, -0.15) is 24.9 Å². The van der Waals surface area contributed by atoms with E-state index in [0.29, 0.717) is 17.6 Å². The highest BCUT2D eigenvalue weighted by atomic mass is 32.2. The molecule has 2 heterocycles. The first-order valence-electron chi connectivity index (χ1n) is 7.38. The first-order chi connectivity index (χ1) is 9.98. The molecule has 3 nitrogen and oxygen atoms in total. The van der Waals surface area contributed by atoms with Gasteiger partial charge in [-0.3, -0.25) is 4.90 Å². The lowest BCUT2D eigenvalue weighted by atomic mass is 10.2. The molecule has 0 aromatic carbocycles. The predicted molar refractivity (Wildman–Crippen MR) is 79.3 cm³/mol. The number of nitrogens with zero attached hydrogens (tertiary/aromatic N) is 3. The Morgan fingerprint density at radius 1 is 1.38 bits per heavy atom. The zero-order valence-electron chi connectivity index (χ0n) is 12.3. The number of thioether (sulfide) groups is 1. The number of rotatable bonds is 5. The Balaban J connectivity index is 1.98. The standard InChI is InChI=1S/C14H22F3N3S/c1-2-21-12-5-3-4-7-19(9-12)10-13-18-6-8-20(13)11-14(15,16)17/h6,8,12H,2-5,7,9-11H2,1H3/t12-/m0/s1. The van der Waals surface area contributed by atoms with E-state index >= 15 is 0 Å². The lowest BCUT2D eigenvalue weighted by Gasteiger charge is -2.24. The first-order valence-corrected chi connectivity index (χ1v) is 8.43. The van der Waals surface area contributed by atoms with E-state index in [1.54, 1.807) is 0 Å². The van der Waals surface area contributed by atoms with Crippen LogP contribution in [0.3, 0.4) is 0 Å². The summed E-state index contributed by atoms with van der Waals surface area (Å²) in [6, 6.07) is 0. The van der Waals surface area contributed by atoms with Crippen molar-refractivity contribution in [2.75, 3.05) is 18.8 Å². The van der Waals surface area contributed by atoms with Crippen LogP contribution >= 0.6 is 11.8 Å². The summed E-state index contributed by atoms with van der Waals surface area (Å²) in [7, 11) is 0. The molecule has 0 saturated carbocycles. The SMILES string of the molecule is CCS[C@H]1CCCCN(Cc2nccn2CC(F)(F)F)C1. The third-order valence-electron chi connectivity index (χ3n) is 3.63. The van der Waals surface area contributed by atoms with Crippen LogP contribution in [0.5, 0.6) is 0 Å². The zero-order chi connectivity index (χ0) is 15.3. The molecule has 1 aliphatic heterocycles. The maximum Gasteiger partial charge on any atom is 0.406 e. The summed E-state index contributed by atoms with van der Waals surface area (Å²) in [4.78, 5) is 6.36. The van der Waals surface area contributed by atoms with Crippen molar-refractivity contribution in [2.45, 2.75) is 50.7 Å². The molecule has 0 aliphatic carbocycles. The molecule has 1 aliphatic rings. The molecule has 1 aromatic rings. The van der Waals surface area contributed by atoms with Crippen LogP contribution in [0.2, 0.25) is 0 Å². The smallest absolute Gasteiger partial charge is 0.325 e. The molecule has 0 radical (unpaired) electrons. The van der Waals surface area contributed by atoms with Crippen LogP contribution in [0.4, 0.5) is 13.2 Å². The zero-order valence-corrected chi connectivity index (χ0v) is 13.1. The second-order valence-electron chi connectivity index (χ2n) is 5.39. The van der Waals surface area contributed by atoms with Gasteiger partial charge < -0.3 is 4.57 Å². The van der Waals surface area contributed by atoms with Gasteiger partial charge in [-0.1, -0.05) is 13.3 Å². The van der Waals surface area contributed by atoms with Gasteiger partial charge in [0.15, 0.2) is 0 Å². The molecule has 0 N–H and O–H groups in total. The molecule has 120 valence electrons. The molecule has 0 bridgehead atoms. The van der Waals surface area contributed by atoms with E-state index in [1.165, 1.54) is 29.8 Å². The largest absolute Gasteiger partial charge is 0.406 e. The van der Waals surface area contributed by atoms with Crippen molar-refractivity contribution >= 4 is 11.8 Å². The van der Waals surface area contributed by atoms with Gasteiger partial charge in [-0.05, 0) is 25.1 Å². The van der Waals surface area contributed by atoms with Crippen molar-refractivity contribution in [3.05, 3.63) is 18.2 Å². The fraction of sp³-hybridized carbons (Fsp3) is 0.786. The van der Waals surface area contributed by atoms with Crippen LogP contribution in [-0.2, 0) is 13.1 Å². The number of imidazole rings is 1. The van der Waals surface area contributed by atoms with E-state index in [4.69, 9.17) is 0 Å². The Labute approximate surface area is 127 Å². The van der Waals surface area contributed by atoms with Crippen LogP contribution in [0.25, 0.3) is 0 Å². The van der Waals surface area contributed by atoms with Gasteiger partial charge >= 0.3 is 6.18 Å². The van der Waals surface area contributed by atoms with Crippen molar-refractivity contribution in [3.63, 3.8) is 0 Å². The molecule has 21 heavy (non-hydrogen) atoms. The van der Waals surface area contributed by atoms with Gasteiger partial charge in [0.2, 0.25) is 0 Å². The van der Waals surface area contributed by atoms with Crippen LogP contribution < -0.4 is 0 Å². The van der Waals surface area contributed by atoms with Crippen LogP contribution in [-0.4, -0.2) is 44.7 Å². The quantitative estimate of drug-likeness (QED) is 0.827. The van der Waals surface area contributed by atoms with Gasteiger partial charge in [0, 0.05) is 24.2 Å². The Hall–Kier alpha value is -0.690. The second kappa shape index (κ2) is 7.54. The first kappa shape index (κ1) is 16.7. The third kappa shape index (κ3) is 5.54. The van der Waals surface area contributed by atoms with E-state index < -0.39 is 12.7 Å². The van der Waals surface area contributed by atoms with Gasteiger partial charge in [0.25, 0.3) is 0 Å². The second-order valence-corrected chi connectivity index (χ2v) is 6.97. The van der Waals surface area contributed by atoms with Crippen LogP contribution in [0.15, 0.2) is 12.4 Å². The minimum atomic E-state index is -4.20. The van der Waals surface area contributed by atoms with Crippen LogP contribution in [0.1, 0.15) is 32.0 Å². The third-order valence-corrected chi connectivity index (χ3v) is 4.82. The monoisotopic (exact) mass is 321 g/mol. The molecular weight excluding hydrogens is 299 g/mol. The summed E-state index contributed by atoms with van der Waals surface area (Å²) in [5.74, 6) is 1.59. The summed E-state index contributed by atoms with van der Waals surface area (Å²) >= 11 is 1.95. The van der Waals surface area contributed by atoms with E-state index in [2.05, 4.69) is 16.8 Å². The summed E-state index contributed by atoms with van der Waals surface area (Å²) in [5, 5.41) is 0.587. The van der Waals surface area contributed by atoms with E-state index in [1.807, 2.05) is 11.8 Å². The lowest BCUT2D eigenvalue weighted by Crippen LogP contribution is -2.31. The molecule has 1 saturated heterocycles. The lowest BCUT2D eigenvalue weighted by molar-refractivity contribution is -0.141. The minimum Gasteiger partial charge on any atom is -0.325 e. The number of hydrogen-bond acceptors (Lipinski definition) is 3. The van der Waals surface area contributed by atoms with E-state index in [0.717, 1.165) is 25.3 Å². The van der Waals surface area contributed by atoms with Gasteiger partial charge in [0.05, 0.1) is 6.54 Å². The highest BCUT2D eigenvalue weighted by Gasteiger charge is 2.29. The van der Waals surface area contributed by atoms with Crippen molar-refractivity contribution in [1.82, 2.24) is 14.5 Å². The van der Waals surface area contributed by atoms with E-state index in [9.17, 15) is 13.2 Å². The molecule has 7 heteroatoms. The Kier molecular flexibility index (Phi) is 5.98. The molecule has 0 unspecified atom stereocenters. The highest BCUT2D eigenvalue weighted by Crippen LogP contribution is 2.23. The average molecular weight is 321 g/mol. The topological polar surface area (TPSA) is 21.1 Å². The number of halogens is 3. The number of hydrogen-bond donors (Lipinski definition) is 0.